The number of rotatable bonds is 8. The molecule has 0 radical (unpaired) electrons. The molecule has 5 rings (SSSR count). The maximum atomic E-state index is 13.1. The van der Waals surface area contributed by atoms with Gasteiger partial charge in [0.05, 0.1) is 17.8 Å². The fourth-order valence-electron chi connectivity index (χ4n) is 5.49. The van der Waals surface area contributed by atoms with Crippen LogP contribution >= 0.6 is 12.2 Å². The third kappa shape index (κ3) is 5.29. The molecule has 1 amide bonds. The molecular formula is C31H34N6OS. The molecule has 4 heterocycles. The Morgan fingerprint density at radius 3 is 2.54 bits per heavy atom. The van der Waals surface area contributed by atoms with Gasteiger partial charge in [0.2, 0.25) is 5.91 Å². The number of hydrogen-bond donors (Lipinski definition) is 2. The Hall–Kier alpha value is -4.04. The van der Waals surface area contributed by atoms with Crippen molar-refractivity contribution in [3.05, 3.63) is 107 Å². The van der Waals surface area contributed by atoms with E-state index in [9.17, 15) is 4.79 Å². The summed E-state index contributed by atoms with van der Waals surface area (Å²) in [6, 6.07) is 19.8. The van der Waals surface area contributed by atoms with E-state index in [2.05, 4.69) is 69.9 Å². The number of thiocarbonyl (C=S) groups is 1. The molecule has 2 atom stereocenters. The summed E-state index contributed by atoms with van der Waals surface area (Å²) in [6.07, 6.45) is 4.80. The molecule has 2 N–H and O–H groups in total. The highest BCUT2D eigenvalue weighted by Gasteiger charge is 2.41. The number of hydrogen-bond acceptors (Lipinski definition) is 4. The van der Waals surface area contributed by atoms with Gasteiger partial charge in [-0.05, 0) is 86.4 Å². The van der Waals surface area contributed by atoms with Crippen LogP contribution in [-0.4, -0.2) is 37.0 Å². The molecule has 3 aromatic heterocycles. The first-order valence-corrected chi connectivity index (χ1v) is 13.8. The summed E-state index contributed by atoms with van der Waals surface area (Å²) in [4.78, 5) is 24.5. The third-order valence-corrected chi connectivity index (χ3v) is 7.78. The Morgan fingerprint density at radius 1 is 1.03 bits per heavy atom. The quantitative estimate of drug-likeness (QED) is 0.278. The van der Waals surface area contributed by atoms with Crippen LogP contribution in [0, 0.1) is 20.8 Å². The largest absolute Gasteiger partial charge is 0.352 e. The predicted octanol–water partition coefficient (Wildman–Crippen LogP) is 5.76. The molecule has 8 heteroatoms. The van der Waals surface area contributed by atoms with E-state index in [-0.39, 0.29) is 18.0 Å². The zero-order valence-electron chi connectivity index (χ0n) is 22.8. The number of carbonyl (C=O) groups is 1. The zero-order chi connectivity index (χ0) is 27.5. The first-order chi connectivity index (χ1) is 18.9. The van der Waals surface area contributed by atoms with Crippen LogP contribution in [0.3, 0.4) is 0 Å². The van der Waals surface area contributed by atoms with Gasteiger partial charge in [0, 0.05) is 42.4 Å². The SMILES string of the molecule is CCc1ccccc1NC(=O)CCN1C(=S)N[C@@H](c2ccccn2)[C@@H]1c1cc(C)n(-c2ncccc2C)c1C. The summed E-state index contributed by atoms with van der Waals surface area (Å²) in [5.74, 6) is 0.885. The number of benzene rings is 1. The molecule has 7 nitrogen and oxygen atoms in total. The molecule has 0 aliphatic carbocycles. The van der Waals surface area contributed by atoms with Crippen LogP contribution in [0.4, 0.5) is 5.69 Å². The number of pyridine rings is 2. The lowest BCUT2D eigenvalue weighted by Gasteiger charge is -2.28. The lowest BCUT2D eigenvalue weighted by atomic mass is 9.96. The number of anilines is 1. The standard InChI is InChI=1S/C31H34N6OS/c1-5-23-12-6-7-13-25(23)34-27(38)15-18-36-29(28(35-31(36)39)26-14-8-9-16-32-26)24-19-21(3)37(22(24)4)30-20(2)11-10-17-33-30/h6-14,16-17,19,28-29H,5,15,18H2,1-4H3,(H,34,38)(H,35,39)/t28-,29-/m0/s1. The minimum absolute atomic E-state index is 0.0340. The van der Waals surface area contributed by atoms with Crippen LogP contribution in [0.5, 0.6) is 0 Å². The van der Waals surface area contributed by atoms with E-state index in [0.29, 0.717) is 18.1 Å². The van der Waals surface area contributed by atoms with Gasteiger partial charge in [-0.25, -0.2) is 4.98 Å². The maximum Gasteiger partial charge on any atom is 0.226 e. The van der Waals surface area contributed by atoms with Gasteiger partial charge in [-0.15, -0.1) is 0 Å². The normalized spacial score (nSPS) is 16.8. The van der Waals surface area contributed by atoms with Crippen molar-refractivity contribution in [3.63, 3.8) is 0 Å². The van der Waals surface area contributed by atoms with Gasteiger partial charge in [-0.3, -0.25) is 9.78 Å². The van der Waals surface area contributed by atoms with Crippen LogP contribution in [-0.2, 0) is 11.2 Å². The molecule has 1 saturated heterocycles. The van der Waals surface area contributed by atoms with Gasteiger partial charge in [0.25, 0.3) is 0 Å². The molecule has 1 aromatic carbocycles. The molecule has 0 bridgehead atoms. The molecule has 0 saturated carbocycles. The molecule has 4 aromatic rings. The van der Waals surface area contributed by atoms with Crippen molar-refractivity contribution in [1.82, 2.24) is 24.8 Å². The van der Waals surface area contributed by atoms with E-state index in [0.717, 1.165) is 51.7 Å². The summed E-state index contributed by atoms with van der Waals surface area (Å²) in [7, 11) is 0. The molecule has 1 aliphatic heterocycles. The number of amides is 1. The molecular weight excluding hydrogens is 504 g/mol. The molecule has 200 valence electrons. The predicted molar refractivity (Wildman–Crippen MR) is 159 cm³/mol. The van der Waals surface area contributed by atoms with Crippen LogP contribution in [0.2, 0.25) is 0 Å². The molecule has 0 unspecified atom stereocenters. The van der Waals surface area contributed by atoms with Gasteiger partial charge >= 0.3 is 0 Å². The first-order valence-electron chi connectivity index (χ1n) is 13.4. The third-order valence-electron chi connectivity index (χ3n) is 7.43. The van der Waals surface area contributed by atoms with Crippen LogP contribution < -0.4 is 10.6 Å². The fourth-order valence-corrected chi connectivity index (χ4v) is 5.83. The Morgan fingerprint density at radius 2 is 1.79 bits per heavy atom. The first kappa shape index (κ1) is 26.6. The number of nitrogens with one attached hydrogen (secondary N) is 2. The Bertz CT molecular complexity index is 1500. The van der Waals surface area contributed by atoms with Crippen molar-refractivity contribution in [3.8, 4) is 5.82 Å². The maximum absolute atomic E-state index is 13.1. The number of carbonyl (C=O) groups excluding carboxylic acids is 1. The second kappa shape index (κ2) is 11.4. The van der Waals surface area contributed by atoms with Crippen molar-refractivity contribution in [2.24, 2.45) is 0 Å². The lowest BCUT2D eigenvalue weighted by molar-refractivity contribution is -0.116. The summed E-state index contributed by atoms with van der Waals surface area (Å²) in [5.41, 5.74) is 7.32. The van der Waals surface area contributed by atoms with Gasteiger partial charge in [-0.1, -0.05) is 37.3 Å². The summed E-state index contributed by atoms with van der Waals surface area (Å²) in [5, 5.41) is 7.22. The minimum atomic E-state index is -0.152. The second-order valence-electron chi connectivity index (χ2n) is 9.93. The minimum Gasteiger partial charge on any atom is -0.352 e. The summed E-state index contributed by atoms with van der Waals surface area (Å²) >= 11 is 5.85. The average molecular weight is 539 g/mol. The van der Waals surface area contributed by atoms with Crippen molar-refractivity contribution in [2.45, 2.75) is 52.6 Å². The van der Waals surface area contributed by atoms with Gasteiger partial charge in [-0.2, -0.15) is 0 Å². The second-order valence-corrected chi connectivity index (χ2v) is 10.3. The van der Waals surface area contributed by atoms with Gasteiger partial charge in [0.15, 0.2) is 5.11 Å². The van der Waals surface area contributed by atoms with Crippen molar-refractivity contribution in [1.29, 1.82) is 0 Å². The Kier molecular flexibility index (Phi) is 7.74. The van der Waals surface area contributed by atoms with Crippen LogP contribution in [0.1, 0.15) is 59.2 Å². The Labute approximate surface area is 235 Å². The molecule has 1 aliphatic rings. The van der Waals surface area contributed by atoms with E-state index in [1.165, 1.54) is 0 Å². The van der Waals surface area contributed by atoms with E-state index in [4.69, 9.17) is 12.2 Å². The molecule has 0 spiro atoms. The highest BCUT2D eigenvalue weighted by molar-refractivity contribution is 7.80. The summed E-state index contributed by atoms with van der Waals surface area (Å²) < 4.78 is 2.20. The van der Waals surface area contributed by atoms with E-state index < -0.39 is 0 Å². The monoisotopic (exact) mass is 538 g/mol. The number of aryl methyl sites for hydroxylation is 3. The Balaban J connectivity index is 1.47. The topological polar surface area (TPSA) is 75.1 Å². The smallest absolute Gasteiger partial charge is 0.226 e. The van der Waals surface area contributed by atoms with Crippen molar-refractivity contribution < 1.29 is 4.79 Å². The van der Waals surface area contributed by atoms with E-state index in [1.807, 2.05) is 54.7 Å². The lowest BCUT2D eigenvalue weighted by Crippen LogP contribution is -2.33. The average Bonchev–Trinajstić information content (AvgIpc) is 3.42. The number of nitrogens with zero attached hydrogens (tertiary/aromatic N) is 4. The summed E-state index contributed by atoms with van der Waals surface area (Å²) in [6.45, 7) is 8.87. The van der Waals surface area contributed by atoms with E-state index >= 15 is 0 Å². The highest BCUT2D eigenvalue weighted by atomic mass is 32.1. The number of para-hydroxylation sites is 1. The molecule has 1 fully saturated rings. The van der Waals surface area contributed by atoms with Gasteiger partial charge < -0.3 is 20.1 Å². The van der Waals surface area contributed by atoms with E-state index in [1.54, 1.807) is 6.20 Å². The zero-order valence-corrected chi connectivity index (χ0v) is 23.6. The van der Waals surface area contributed by atoms with Crippen molar-refractivity contribution in [2.75, 3.05) is 11.9 Å². The number of aromatic nitrogens is 3. The van der Waals surface area contributed by atoms with Crippen LogP contribution in [0.15, 0.2) is 73.1 Å². The van der Waals surface area contributed by atoms with Crippen LogP contribution in [0.25, 0.3) is 5.82 Å². The highest BCUT2D eigenvalue weighted by Crippen LogP contribution is 2.41. The van der Waals surface area contributed by atoms with Gasteiger partial charge in [0.1, 0.15) is 5.82 Å². The fraction of sp³-hybridized carbons (Fsp3) is 0.290. The molecule has 39 heavy (non-hydrogen) atoms. The van der Waals surface area contributed by atoms with Crippen molar-refractivity contribution >= 4 is 28.9 Å².